The van der Waals surface area contributed by atoms with Gasteiger partial charge in [0.15, 0.2) is 0 Å². The molecule has 1 aromatic heterocycles. The predicted octanol–water partition coefficient (Wildman–Crippen LogP) is 0.817. The Morgan fingerprint density at radius 3 is 2.96 bits per heavy atom. The third kappa shape index (κ3) is 3.06. The van der Waals surface area contributed by atoms with E-state index in [-0.39, 0.29) is 19.1 Å². The van der Waals surface area contributed by atoms with E-state index in [0.717, 1.165) is 10.9 Å². The number of rotatable bonds is 3. The fourth-order valence-electron chi connectivity index (χ4n) is 2.94. The number of carbonyl (C=O) groups excluding carboxylic acids is 1. The first-order valence-corrected chi connectivity index (χ1v) is 7.71. The van der Waals surface area contributed by atoms with Crippen LogP contribution in [0, 0.1) is 0 Å². The summed E-state index contributed by atoms with van der Waals surface area (Å²) >= 11 is 0. The van der Waals surface area contributed by atoms with E-state index in [9.17, 15) is 15.0 Å². The number of fused-ring (bicyclic) bond motifs is 1. The molecule has 1 amide bonds. The average molecular weight is 316 g/mol. The molecular weight excluding hydrogens is 296 g/mol. The molecule has 122 valence electrons. The maximum absolute atomic E-state index is 12.8. The van der Waals surface area contributed by atoms with E-state index in [0.29, 0.717) is 12.1 Å². The third-order valence-corrected chi connectivity index (χ3v) is 4.22. The zero-order valence-corrected chi connectivity index (χ0v) is 12.9. The molecule has 1 fully saturated rings. The van der Waals surface area contributed by atoms with Crippen LogP contribution in [-0.4, -0.2) is 64.0 Å². The summed E-state index contributed by atoms with van der Waals surface area (Å²) < 4.78 is 5.29. The molecule has 3 atom stereocenters. The van der Waals surface area contributed by atoms with E-state index < -0.39 is 18.2 Å². The zero-order valence-electron chi connectivity index (χ0n) is 12.9. The van der Waals surface area contributed by atoms with Crippen molar-refractivity contribution in [3.63, 3.8) is 0 Å². The number of pyridine rings is 1. The SMILES string of the molecule is CCN(C(=O)c1ccc2ncccc2c1)[C@@H]1COC[C@@H](O)[C@H]1O. The van der Waals surface area contributed by atoms with Gasteiger partial charge in [0.05, 0.1) is 24.8 Å². The number of hydrogen-bond donors (Lipinski definition) is 2. The van der Waals surface area contributed by atoms with Gasteiger partial charge in [-0.05, 0) is 31.2 Å². The summed E-state index contributed by atoms with van der Waals surface area (Å²) in [4.78, 5) is 18.6. The minimum absolute atomic E-state index is 0.0883. The summed E-state index contributed by atoms with van der Waals surface area (Å²) in [6.07, 6.45) is -0.273. The van der Waals surface area contributed by atoms with Gasteiger partial charge in [-0.3, -0.25) is 9.78 Å². The Balaban J connectivity index is 1.89. The molecular formula is C17H20N2O4. The summed E-state index contributed by atoms with van der Waals surface area (Å²) in [5, 5.41) is 20.8. The van der Waals surface area contributed by atoms with E-state index in [4.69, 9.17) is 4.74 Å². The molecule has 1 saturated heterocycles. The molecule has 23 heavy (non-hydrogen) atoms. The van der Waals surface area contributed by atoms with Gasteiger partial charge in [0.1, 0.15) is 12.2 Å². The van der Waals surface area contributed by atoms with Crippen molar-refractivity contribution in [3.05, 3.63) is 42.1 Å². The molecule has 6 heteroatoms. The van der Waals surface area contributed by atoms with Gasteiger partial charge in [-0.2, -0.15) is 0 Å². The molecule has 0 radical (unpaired) electrons. The van der Waals surface area contributed by atoms with Gasteiger partial charge in [-0.25, -0.2) is 0 Å². The van der Waals surface area contributed by atoms with Crippen molar-refractivity contribution in [1.82, 2.24) is 9.88 Å². The van der Waals surface area contributed by atoms with Gasteiger partial charge in [-0.1, -0.05) is 6.07 Å². The number of ether oxygens (including phenoxy) is 1. The van der Waals surface area contributed by atoms with Crippen LogP contribution in [0.5, 0.6) is 0 Å². The molecule has 1 aliphatic heterocycles. The summed E-state index contributed by atoms with van der Waals surface area (Å²) in [6, 6.07) is 8.49. The Kier molecular flexibility index (Phi) is 4.56. The molecule has 6 nitrogen and oxygen atoms in total. The second kappa shape index (κ2) is 6.62. The van der Waals surface area contributed by atoms with Gasteiger partial charge in [0.25, 0.3) is 5.91 Å². The predicted molar refractivity (Wildman–Crippen MR) is 85.1 cm³/mol. The Hall–Kier alpha value is -2.02. The lowest BCUT2D eigenvalue weighted by Gasteiger charge is -2.39. The molecule has 2 aromatic rings. The van der Waals surface area contributed by atoms with Crippen molar-refractivity contribution in [2.24, 2.45) is 0 Å². The first-order valence-electron chi connectivity index (χ1n) is 7.71. The highest BCUT2D eigenvalue weighted by atomic mass is 16.5. The Bertz CT molecular complexity index is 706. The van der Waals surface area contributed by atoms with E-state index in [1.165, 1.54) is 0 Å². The lowest BCUT2D eigenvalue weighted by atomic mass is 10.0. The molecule has 2 N–H and O–H groups in total. The number of hydrogen-bond acceptors (Lipinski definition) is 5. The van der Waals surface area contributed by atoms with Crippen LogP contribution in [0.25, 0.3) is 10.9 Å². The highest BCUT2D eigenvalue weighted by Gasteiger charge is 2.37. The number of likely N-dealkylation sites (N-methyl/N-ethyl adjacent to an activating group) is 1. The highest BCUT2D eigenvalue weighted by molar-refractivity contribution is 5.98. The molecule has 1 aromatic carbocycles. The first kappa shape index (κ1) is 15.9. The van der Waals surface area contributed by atoms with Gasteiger partial charge in [-0.15, -0.1) is 0 Å². The first-order chi connectivity index (χ1) is 11.1. The van der Waals surface area contributed by atoms with Crippen molar-refractivity contribution in [2.75, 3.05) is 19.8 Å². The Labute approximate surface area is 134 Å². The Morgan fingerprint density at radius 1 is 1.35 bits per heavy atom. The molecule has 0 aliphatic carbocycles. The topological polar surface area (TPSA) is 82.9 Å². The van der Waals surface area contributed by atoms with Crippen LogP contribution in [0.2, 0.25) is 0 Å². The van der Waals surface area contributed by atoms with Crippen molar-refractivity contribution < 1.29 is 19.7 Å². The van der Waals surface area contributed by atoms with E-state index in [1.807, 2.05) is 19.1 Å². The van der Waals surface area contributed by atoms with Crippen LogP contribution >= 0.6 is 0 Å². The van der Waals surface area contributed by atoms with Crippen molar-refractivity contribution in [2.45, 2.75) is 25.2 Å². The second-order valence-electron chi connectivity index (χ2n) is 5.66. The molecule has 1 aliphatic rings. The molecule has 2 heterocycles. The summed E-state index contributed by atoms with van der Waals surface area (Å²) in [6.45, 7) is 2.56. The number of aromatic nitrogens is 1. The van der Waals surface area contributed by atoms with Crippen LogP contribution < -0.4 is 0 Å². The number of amides is 1. The maximum atomic E-state index is 12.8. The van der Waals surface area contributed by atoms with Gasteiger partial charge < -0.3 is 19.8 Å². The van der Waals surface area contributed by atoms with Crippen molar-refractivity contribution >= 4 is 16.8 Å². The highest BCUT2D eigenvalue weighted by Crippen LogP contribution is 2.20. The molecule has 0 unspecified atom stereocenters. The summed E-state index contributed by atoms with van der Waals surface area (Å²) in [5.74, 6) is -0.194. The standard InChI is InChI=1S/C17H20N2O4/c1-2-19(14-9-23-10-15(20)16(14)21)17(22)12-5-6-13-11(8-12)4-3-7-18-13/h3-8,14-16,20-21H,2,9-10H2,1H3/t14-,15-,16+/m1/s1. The average Bonchev–Trinajstić information content (AvgIpc) is 2.58. The van der Waals surface area contributed by atoms with E-state index in [2.05, 4.69) is 4.98 Å². The van der Waals surface area contributed by atoms with E-state index >= 15 is 0 Å². The van der Waals surface area contributed by atoms with Crippen LogP contribution in [-0.2, 0) is 4.74 Å². The van der Waals surface area contributed by atoms with Gasteiger partial charge >= 0.3 is 0 Å². The molecule has 0 bridgehead atoms. The van der Waals surface area contributed by atoms with Crippen LogP contribution in [0.15, 0.2) is 36.5 Å². The monoisotopic (exact) mass is 316 g/mol. The molecule has 3 rings (SSSR count). The van der Waals surface area contributed by atoms with Crippen LogP contribution in [0.3, 0.4) is 0 Å². The Morgan fingerprint density at radius 2 is 2.17 bits per heavy atom. The van der Waals surface area contributed by atoms with Gasteiger partial charge in [0, 0.05) is 23.7 Å². The maximum Gasteiger partial charge on any atom is 0.254 e. The van der Waals surface area contributed by atoms with Crippen LogP contribution in [0.1, 0.15) is 17.3 Å². The second-order valence-corrected chi connectivity index (χ2v) is 5.66. The fourth-order valence-corrected chi connectivity index (χ4v) is 2.94. The summed E-state index contributed by atoms with van der Waals surface area (Å²) in [5.41, 5.74) is 1.35. The van der Waals surface area contributed by atoms with E-state index in [1.54, 1.807) is 29.3 Å². The third-order valence-electron chi connectivity index (χ3n) is 4.22. The minimum atomic E-state index is -1.00. The lowest BCUT2D eigenvalue weighted by Crippen LogP contribution is -2.57. The number of aliphatic hydroxyl groups excluding tert-OH is 2. The fraction of sp³-hybridized carbons (Fsp3) is 0.412. The van der Waals surface area contributed by atoms with Crippen molar-refractivity contribution in [3.8, 4) is 0 Å². The number of benzene rings is 1. The number of nitrogens with zero attached hydrogens (tertiary/aromatic N) is 2. The number of carbonyl (C=O) groups is 1. The largest absolute Gasteiger partial charge is 0.388 e. The minimum Gasteiger partial charge on any atom is -0.388 e. The molecule has 0 spiro atoms. The number of aliphatic hydroxyl groups is 2. The smallest absolute Gasteiger partial charge is 0.254 e. The van der Waals surface area contributed by atoms with Crippen LogP contribution in [0.4, 0.5) is 0 Å². The molecule has 0 saturated carbocycles. The normalized spacial score (nSPS) is 24.6. The lowest BCUT2D eigenvalue weighted by molar-refractivity contribution is -0.125. The zero-order chi connectivity index (χ0) is 16.4. The van der Waals surface area contributed by atoms with Gasteiger partial charge in [0.2, 0.25) is 0 Å². The quantitative estimate of drug-likeness (QED) is 0.876. The van der Waals surface area contributed by atoms with Crippen molar-refractivity contribution in [1.29, 1.82) is 0 Å². The summed E-state index contributed by atoms with van der Waals surface area (Å²) in [7, 11) is 0.